The number of aromatic carboxylic acids is 1. The van der Waals surface area contributed by atoms with Crippen molar-refractivity contribution >= 4 is 40.5 Å². The molecule has 176 valence electrons. The third-order valence-electron chi connectivity index (χ3n) is 5.37. The summed E-state index contributed by atoms with van der Waals surface area (Å²) in [5.74, 6) is -5.98. The lowest BCUT2D eigenvalue weighted by Gasteiger charge is -2.27. The Labute approximate surface area is 195 Å². The standard InChI is InChI=1S/C23H17F3N2O5S/c1-27(20-16(33-2)6-5-14(25)19(20)26)9-11-3-4-13(24)15(7-11)28-17(29)8-12-10-34-21(23(31)32)18(12)22(28)30/h3-7,10H,8-9H2,1-2H3,(H,31,32). The largest absolute Gasteiger partial charge is 0.494 e. The van der Waals surface area contributed by atoms with Crippen molar-refractivity contribution in [3.8, 4) is 5.75 Å². The van der Waals surface area contributed by atoms with Gasteiger partial charge in [-0.15, -0.1) is 11.3 Å². The second-order valence-electron chi connectivity index (χ2n) is 7.54. The molecular weight excluding hydrogens is 473 g/mol. The molecule has 3 aromatic rings. The molecule has 7 nitrogen and oxygen atoms in total. The lowest BCUT2D eigenvalue weighted by atomic mass is 10.00. The van der Waals surface area contributed by atoms with E-state index in [-0.39, 0.29) is 46.1 Å². The fourth-order valence-electron chi connectivity index (χ4n) is 3.85. The predicted molar refractivity (Wildman–Crippen MR) is 118 cm³/mol. The Kier molecular flexibility index (Phi) is 6.05. The van der Waals surface area contributed by atoms with Crippen molar-refractivity contribution in [2.75, 3.05) is 24.0 Å². The molecule has 0 radical (unpaired) electrons. The lowest BCUT2D eigenvalue weighted by molar-refractivity contribution is -0.117. The summed E-state index contributed by atoms with van der Waals surface area (Å²) in [6.07, 6.45) is -0.264. The van der Waals surface area contributed by atoms with Gasteiger partial charge in [0.05, 0.1) is 24.8 Å². The Hall–Kier alpha value is -3.86. The van der Waals surface area contributed by atoms with Gasteiger partial charge in [0.25, 0.3) is 5.91 Å². The fourth-order valence-corrected chi connectivity index (χ4v) is 4.75. The zero-order chi connectivity index (χ0) is 24.7. The van der Waals surface area contributed by atoms with E-state index in [4.69, 9.17) is 4.74 Å². The van der Waals surface area contributed by atoms with E-state index in [9.17, 15) is 32.7 Å². The molecule has 0 aliphatic carbocycles. The van der Waals surface area contributed by atoms with Crippen molar-refractivity contribution in [1.29, 1.82) is 0 Å². The molecule has 2 aromatic carbocycles. The highest BCUT2D eigenvalue weighted by Gasteiger charge is 2.38. The summed E-state index contributed by atoms with van der Waals surface area (Å²) in [4.78, 5) is 39.0. The number of carboxylic acids is 1. The van der Waals surface area contributed by atoms with E-state index in [2.05, 4.69) is 0 Å². The first-order valence-corrected chi connectivity index (χ1v) is 10.7. The third-order valence-corrected chi connectivity index (χ3v) is 6.39. The second-order valence-corrected chi connectivity index (χ2v) is 8.42. The molecule has 0 saturated carbocycles. The summed E-state index contributed by atoms with van der Waals surface area (Å²) in [7, 11) is 2.77. The number of rotatable bonds is 6. The van der Waals surface area contributed by atoms with Crippen LogP contribution in [0.4, 0.5) is 24.5 Å². The van der Waals surface area contributed by atoms with E-state index in [1.807, 2.05) is 0 Å². The van der Waals surface area contributed by atoms with E-state index < -0.39 is 35.2 Å². The topological polar surface area (TPSA) is 87.2 Å². The maximum absolute atomic E-state index is 14.8. The van der Waals surface area contributed by atoms with Crippen LogP contribution in [0.3, 0.4) is 0 Å². The molecule has 2 amide bonds. The van der Waals surface area contributed by atoms with Crippen LogP contribution >= 0.6 is 11.3 Å². The summed E-state index contributed by atoms with van der Waals surface area (Å²) >= 11 is 0.818. The molecule has 0 unspecified atom stereocenters. The maximum Gasteiger partial charge on any atom is 0.346 e. The Morgan fingerprint density at radius 1 is 1.18 bits per heavy atom. The second kappa shape index (κ2) is 8.82. The van der Waals surface area contributed by atoms with Crippen LogP contribution in [0.15, 0.2) is 35.7 Å². The third kappa shape index (κ3) is 3.87. The van der Waals surface area contributed by atoms with E-state index in [1.54, 1.807) is 0 Å². The van der Waals surface area contributed by atoms with Crippen molar-refractivity contribution in [2.24, 2.45) is 0 Å². The number of methoxy groups -OCH3 is 1. The van der Waals surface area contributed by atoms with E-state index >= 15 is 0 Å². The molecule has 34 heavy (non-hydrogen) atoms. The number of hydrogen-bond donors (Lipinski definition) is 1. The predicted octanol–water partition coefficient (Wildman–Crippen LogP) is 4.24. The average Bonchev–Trinajstić information content (AvgIpc) is 3.21. The molecular formula is C23H17F3N2O5S. The molecule has 1 aromatic heterocycles. The van der Waals surface area contributed by atoms with Gasteiger partial charge >= 0.3 is 5.97 Å². The highest BCUT2D eigenvalue weighted by Crippen LogP contribution is 2.35. The van der Waals surface area contributed by atoms with Crippen LogP contribution in [-0.2, 0) is 17.8 Å². The summed E-state index contributed by atoms with van der Waals surface area (Å²) in [6.45, 7) is -0.0513. The summed E-state index contributed by atoms with van der Waals surface area (Å²) in [5, 5.41) is 10.8. The average molecular weight is 490 g/mol. The highest BCUT2D eigenvalue weighted by atomic mass is 32.1. The van der Waals surface area contributed by atoms with Crippen LogP contribution in [-0.4, -0.2) is 37.0 Å². The van der Waals surface area contributed by atoms with Crippen LogP contribution in [0.5, 0.6) is 5.75 Å². The zero-order valence-corrected chi connectivity index (χ0v) is 18.7. The SMILES string of the molecule is COc1ccc(F)c(F)c1N(C)Cc1ccc(F)c(N2C(=O)Cc3csc(C(=O)O)c3C2=O)c1. The minimum absolute atomic E-state index is 0.0513. The molecule has 1 N–H and O–H groups in total. The van der Waals surface area contributed by atoms with Crippen LogP contribution < -0.4 is 14.5 Å². The minimum atomic E-state index is -1.32. The molecule has 0 bridgehead atoms. The lowest BCUT2D eigenvalue weighted by Crippen LogP contribution is -2.43. The summed E-state index contributed by atoms with van der Waals surface area (Å²) in [5.41, 5.74) is -0.0164. The number of carboxylic acid groups (broad SMARTS) is 1. The van der Waals surface area contributed by atoms with Gasteiger partial charge < -0.3 is 14.7 Å². The number of halogens is 3. The van der Waals surface area contributed by atoms with E-state index in [0.717, 1.165) is 23.5 Å². The Morgan fingerprint density at radius 2 is 1.88 bits per heavy atom. The van der Waals surface area contributed by atoms with Crippen LogP contribution in [0.1, 0.15) is 31.2 Å². The van der Waals surface area contributed by atoms with Crippen molar-refractivity contribution in [3.63, 3.8) is 0 Å². The Balaban J connectivity index is 1.70. The van der Waals surface area contributed by atoms with Gasteiger partial charge in [0.1, 0.15) is 22.1 Å². The maximum atomic E-state index is 14.8. The monoisotopic (exact) mass is 490 g/mol. The van der Waals surface area contributed by atoms with Crippen molar-refractivity contribution < 1.29 is 37.4 Å². The van der Waals surface area contributed by atoms with Gasteiger partial charge in [0.2, 0.25) is 5.91 Å². The minimum Gasteiger partial charge on any atom is -0.494 e. The smallest absolute Gasteiger partial charge is 0.346 e. The fraction of sp³-hybridized carbons (Fsp3) is 0.174. The molecule has 0 saturated heterocycles. The van der Waals surface area contributed by atoms with E-state index in [0.29, 0.717) is 10.5 Å². The molecule has 1 aliphatic rings. The van der Waals surface area contributed by atoms with E-state index in [1.165, 1.54) is 42.6 Å². The number of carbonyl (C=O) groups is 3. The van der Waals surface area contributed by atoms with Crippen LogP contribution in [0.2, 0.25) is 0 Å². The van der Waals surface area contributed by atoms with Crippen molar-refractivity contribution in [2.45, 2.75) is 13.0 Å². The quantitative estimate of drug-likeness (QED) is 0.521. The number of carbonyl (C=O) groups excluding carboxylic acids is 2. The first kappa shape index (κ1) is 23.3. The van der Waals surface area contributed by atoms with Crippen LogP contribution in [0, 0.1) is 17.5 Å². The molecule has 0 fully saturated rings. The number of benzene rings is 2. The summed E-state index contributed by atoms with van der Waals surface area (Å²) in [6, 6.07) is 5.85. The van der Waals surface area contributed by atoms with Gasteiger partial charge in [-0.2, -0.15) is 0 Å². The van der Waals surface area contributed by atoms with Crippen molar-refractivity contribution in [3.05, 3.63) is 74.7 Å². The van der Waals surface area contributed by atoms with Gasteiger partial charge in [-0.1, -0.05) is 6.07 Å². The van der Waals surface area contributed by atoms with Crippen molar-refractivity contribution in [1.82, 2.24) is 0 Å². The van der Waals surface area contributed by atoms with Gasteiger partial charge in [-0.25, -0.2) is 22.9 Å². The number of anilines is 2. The van der Waals surface area contributed by atoms with Gasteiger partial charge in [-0.05, 0) is 40.8 Å². The first-order valence-electron chi connectivity index (χ1n) is 9.86. The number of fused-ring (bicyclic) bond motifs is 1. The number of imide groups is 1. The number of thiophene rings is 1. The first-order chi connectivity index (χ1) is 16.1. The van der Waals surface area contributed by atoms with Crippen LogP contribution in [0.25, 0.3) is 0 Å². The molecule has 4 rings (SSSR count). The molecule has 0 spiro atoms. The molecule has 11 heteroatoms. The van der Waals surface area contributed by atoms with Gasteiger partial charge in [0, 0.05) is 13.6 Å². The molecule has 1 aliphatic heterocycles. The Morgan fingerprint density at radius 3 is 2.56 bits per heavy atom. The number of hydrogen-bond acceptors (Lipinski definition) is 6. The number of nitrogens with zero attached hydrogens (tertiary/aromatic N) is 2. The normalized spacial score (nSPS) is 13.1. The zero-order valence-electron chi connectivity index (χ0n) is 17.9. The number of ether oxygens (including phenoxy) is 1. The molecule has 0 atom stereocenters. The van der Waals surface area contributed by atoms with Gasteiger partial charge in [0.15, 0.2) is 11.6 Å². The summed E-state index contributed by atoms with van der Waals surface area (Å²) < 4.78 is 48.1. The molecule has 2 heterocycles. The Bertz CT molecular complexity index is 1340. The van der Waals surface area contributed by atoms with Gasteiger partial charge in [-0.3, -0.25) is 9.59 Å². The number of amides is 2. The highest BCUT2D eigenvalue weighted by molar-refractivity contribution is 7.12.